The number of rotatable bonds is 15. The van der Waals surface area contributed by atoms with E-state index in [1.54, 1.807) is 84.9 Å². The lowest BCUT2D eigenvalue weighted by molar-refractivity contribution is -0.0999. The van der Waals surface area contributed by atoms with Crippen molar-refractivity contribution in [2.75, 3.05) is 0 Å². The molecule has 10 nitrogen and oxygen atoms in total. The summed E-state index contributed by atoms with van der Waals surface area (Å²) in [6, 6.07) is 53.4. The van der Waals surface area contributed by atoms with Gasteiger partial charge < -0.3 is 40.9 Å². The van der Waals surface area contributed by atoms with Crippen LogP contribution in [0.3, 0.4) is 0 Å². The van der Waals surface area contributed by atoms with Crippen LogP contribution in [-0.4, -0.2) is 40.9 Å². The van der Waals surface area contributed by atoms with Crippen molar-refractivity contribution < 1.29 is 50.6 Å². The minimum Gasteiger partial charge on any atom is -0.508 e. The number of hydrogen-bond donors (Lipinski definition) is 8. The lowest BCUT2D eigenvalue weighted by atomic mass is 9.85. The van der Waals surface area contributed by atoms with E-state index in [-0.39, 0.29) is 46.0 Å². The first-order valence-electron chi connectivity index (χ1n) is 23.5. The van der Waals surface area contributed by atoms with Gasteiger partial charge in [-0.05, 0) is 188 Å². The van der Waals surface area contributed by atoms with E-state index in [1.165, 1.54) is 0 Å². The van der Waals surface area contributed by atoms with Gasteiger partial charge in [0, 0.05) is 12.8 Å². The molecule has 0 aliphatic rings. The van der Waals surface area contributed by atoms with Crippen molar-refractivity contribution in [3.63, 3.8) is 0 Å². The highest BCUT2D eigenvalue weighted by molar-refractivity contribution is 6.01. The highest BCUT2D eigenvalue weighted by Crippen LogP contribution is 2.45. The standard InChI is InChI=1S/C62H50O10/c63-49-15-1-37(2-16-49)29-43-13-27-55(67)59-56(68)28-14-44(57(43)59)30-41-9-23-53(24-10-41)71-72-54-25-11-42(12-26-54)32-46-36-48(34-40-7-21-52(66)22-8-40)62(70)60-58(46)45(31-38-3-17-50(64)18-4-38)35-47(61(60)69)33-39-5-19-51(65)20-6-39/h1-28,35-36,63-70H,29-34H2. The molecule has 8 N–H and O–H groups in total. The predicted molar refractivity (Wildman–Crippen MR) is 278 cm³/mol. The highest BCUT2D eigenvalue weighted by atomic mass is 17.2. The van der Waals surface area contributed by atoms with Gasteiger partial charge in [0.1, 0.15) is 46.0 Å². The summed E-state index contributed by atoms with van der Waals surface area (Å²) in [6.07, 6.45) is 2.58. The van der Waals surface area contributed by atoms with Gasteiger partial charge in [0.2, 0.25) is 0 Å². The molecule has 0 aliphatic carbocycles. The molecule has 10 aromatic rings. The molecule has 0 bridgehead atoms. The molecule has 0 amide bonds. The summed E-state index contributed by atoms with van der Waals surface area (Å²) in [5.74, 6) is 1.43. The molecule has 0 fully saturated rings. The van der Waals surface area contributed by atoms with E-state index in [1.807, 2.05) is 97.1 Å². The first-order chi connectivity index (χ1) is 34.9. The minimum absolute atomic E-state index is 0.00791. The number of aromatic hydroxyl groups is 8. The van der Waals surface area contributed by atoms with Crippen molar-refractivity contribution in [1.29, 1.82) is 0 Å². The first kappa shape index (κ1) is 46.4. The van der Waals surface area contributed by atoms with Gasteiger partial charge in [0.25, 0.3) is 0 Å². The Morgan fingerprint density at radius 3 is 0.819 bits per heavy atom. The SMILES string of the molecule is Oc1ccc(Cc2cc(Cc3ccc(O)cc3)c3c(Cc4ccc(OOc5ccc(Cc6ccc(O)c7c(O)ccc(Cc8ccc(O)cc8)c67)cc5)cc4)cc(Cc4ccc(O)cc4)c(O)c3c2O)cc1. The molecule has 0 atom stereocenters. The third kappa shape index (κ3) is 10.2. The summed E-state index contributed by atoms with van der Waals surface area (Å²) >= 11 is 0. The molecule has 0 saturated carbocycles. The third-order valence-electron chi connectivity index (χ3n) is 13.2. The van der Waals surface area contributed by atoms with Crippen LogP contribution < -0.4 is 9.78 Å². The summed E-state index contributed by atoms with van der Waals surface area (Å²) < 4.78 is 0. The molecular weight excluding hydrogens is 905 g/mol. The average molecular weight is 955 g/mol. The lowest BCUT2D eigenvalue weighted by Crippen LogP contribution is -2.03. The molecule has 0 saturated heterocycles. The zero-order chi connectivity index (χ0) is 49.9. The molecule has 0 heterocycles. The maximum atomic E-state index is 12.2. The second kappa shape index (κ2) is 20.0. The molecule has 72 heavy (non-hydrogen) atoms. The Balaban J connectivity index is 0.913. The molecule has 358 valence electrons. The van der Waals surface area contributed by atoms with Gasteiger partial charge in [-0.1, -0.05) is 97.1 Å². The lowest BCUT2D eigenvalue weighted by Gasteiger charge is -2.20. The van der Waals surface area contributed by atoms with E-state index in [4.69, 9.17) is 9.78 Å². The maximum absolute atomic E-state index is 12.2. The smallest absolute Gasteiger partial charge is 0.178 e. The van der Waals surface area contributed by atoms with Crippen LogP contribution in [0.25, 0.3) is 21.5 Å². The van der Waals surface area contributed by atoms with Gasteiger partial charge in [-0.3, -0.25) is 9.78 Å². The van der Waals surface area contributed by atoms with E-state index in [2.05, 4.69) is 0 Å². The second-order valence-corrected chi connectivity index (χ2v) is 18.3. The van der Waals surface area contributed by atoms with Crippen LogP contribution in [-0.2, 0) is 38.5 Å². The maximum Gasteiger partial charge on any atom is 0.178 e. The molecule has 10 rings (SSSR count). The zero-order valence-electron chi connectivity index (χ0n) is 39.0. The van der Waals surface area contributed by atoms with Crippen molar-refractivity contribution in [2.24, 2.45) is 0 Å². The van der Waals surface area contributed by atoms with Crippen LogP contribution in [0.5, 0.6) is 57.5 Å². The van der Waals surface area contributed by atoms with Gasteiger partial charge in [-0.15, -0.1) is 0 Å². The van der Waals surface area contributed by atoms with Crippen LogP contribution in [0, 0.1) is 0 Å². The fourth-order valence-electron chi connectivity index (χ4n) is 9.55. The van der Waals surface area contributed by atoms with Gasteiger partial charge >= 0.3 is 0 Å². The van der Waals surface area contributed by atoms with Crippen LogP contribution >= 0.6 is 0 Å². The molecule has 0 spiro atoms. The zero-order valence-corrected chi connectivity index (χ0v) is 39.0. The summed E-state index contributed by atoms with van der Waals surface area (Å²) in [7, 11) is 0. The van der Waals surface area contributed by atoms with E-state index in [9.17, 15) is 40.9 Å². The number of phenolic OH excluding ortho intramolecular Hbond substituents is 8. The fourth-order valence-corrected chi connectivity index (χ4v) is 9.55. The quantitative estimate of drug-likeness (QED) is 0.0364. The molecule has 0 unspecified atom stereocenters. The van der Waals surface area contributed by atoms with Gasteiger partial charge in [0.05, 0.1) is 10.8 Å². The number of hydrogen-bond acceptors (Lipinski definition) is 10. The van der Waals surface area contributed by atoms with Gasteiger partial charge in [0.15, 0.2) is 11.5 Å². The fraction of sp³-hybridized carbons (Fsp3) is 0.0968. The summed E-state index contributed by atoms with van der Waals surface area (Å²) in [5, 5.41) is 88.0. The second-order valence-electron chi connectivity index (χ2n) is 18.3. The number of benzene rings is 10. The topological polar surface area (TPSA) is 180 Å². The number of phenols is 8. The van der Waals surface area contributed by atoms with E-state index in [0.29, 0.717) is 77.3 Å². The van der Waals surface area contributed by atoms with Crippen molar-refractivity contribution >= 4 is 21.5 Å². The van der Waals surface area contributed by atoms with Crippen molar-refractivity contribution in [1.82, 2.24) is 0 Å². The Hall–Kier alpha value is -9.28. The molecule has 0 radical (unpaired) electrons. The van der Waals surface area contributed by atoms with Gasteiger partial charge in [-0.25, -0.2) is 0 Å². The molecular formula is C62H50O10. The Bertz CT molecular complexity index is 3540. The van der Waals surface area contributed by atoms with Crippen LogP contribution in [0.4, 0.5) is 0 Å². The molecule has 0 aliphatic heterocycles. The van der Waals surface area contributed by atoms with E-state index in [0.717, 1.165) is 61.0 Å². The molecule has 10 aromatic carbocycles. The Kier molecular flexibility index (Phi) is 12.9. The summed E-state index contributed by atoms with van der Waals surface area (Å²) in [6.45, 7) is 0. The van der Waals surface area contributed by atoms with E-state index < -0.39 is 0 Å². The van der Waals surface area contributed by atoms with Crippen LogP contribution in [0.1, 0.15) is 66.8 Å². The minimum atomic E-state index is -0.0435. The van der Waals surface area contributed by atoms with Crippen molar-refractivity contribution in [3.8, 4) is 57.5 Å². The summed E-state index contributed by atoms with van der Waals surface area (Å²) in [5.41, 5.74) is 10.3. The Morgan fingerprint density at radius 1 is 0.236 bits per heavy atom. The van der Waals surface area contributed by atoms with Gasteiger partial charge in [-0.2, -0.15) is 0 Å². The van der Waals surface area contributed by atoms with Crippen molar-refractivity contribution in [3.05, 3.63) is 249 Å². The Morgan fingerprint density at radius 2 is 0.500 bits per heavy atom. The highest BCUT2D eigenvalue weighted by Gasteiger charge is 2.23. The molecule has 10 heteroatoms. The normalized spacial score (nSPS) is 11.3. The predicted octanol–water partition coefficient (Wildman–Crippen LogP) is 12.6. The third-order valence-corrected chi connectivity index (χ3v) is 13.2. The summed E-state index contributed by atoms with van der Waals surface area (Å²) in [4.78, 5) is 11.6. The monoisotopic (exact) mass is 954 g/mol. The first-order valence-corrected chi connectivity index (χ1v) is 23.5. The number of fused-ring (bicyclic) bond motifs is 2. The largest absolute Gasteiger partial charge is 0.508 e. The average Bonchev–Trinajstić information content (AvgIpc) is 3.38. The van der Waals surface area contributed by atoms with Crippen LogP contribution in [0.2, 0.25) is 0 Å². The van der Waals surface area contributed by atoms with Crippen LogP contribution in [0.15, 0.2) is 182 Å². The van der Waals surface area contributed by atoms with Crippen molar-refractivity contribution in [2.45, 2.75) is 38.5 Å². The van der Waals surface area contributed by atoms with E-state index >= 15 is 0 Å². The molecule has 0 aromatic heterocycles. The Labute approximate surface area is 415 Å².